The van der Waals surface area contributed by atoms with Crippen LogP contribution in [0.4, 0.5) is 15.6 Å². The molecule has 1 heterocycles. The van der Waals surface area contributed by atoms with E-state index < -0.39 is 6.03 Å². The third kappa shape index (κ3) is 5.12. The van der Waals surface area contributed by atoms with Crippen molar-refractivity contribution in [1.29, 1.82) is 0 Å². The SMILES string of the molecule is CCCCCc1nnc(NC(=O)Nc2ccc(Cl)c(Cl)c2)s1. The third-order valence-corrected chi connectivity index (χ3v) is 4.50. The molecule has 22 heavy (non-hydrogen) atoms. The fraction of sp³-hybridized carbons (Fsp3) is 0.357. The number of nitrogens with zero attached hydrogens (tertiary/aromatic N) is 2. The summed E-state index contributed by atoms with van der Waals surface area (Å²) in [4.78, 5) is 11.9. The van der Waals surface area contributed by atoms with Gasteiger partial charge < -0.3 is 5.32 Å². The second-order valence-electron chi connectivity index (χ2n) is 4.67. The Hall–Kier alpha value is -1.37. The normalized spacial score (nSPS) is 10.5. The van der Waals surface area contributed by atoms with Gasteiger partial charge in [-0.05, 0) is 24.6 Å². The van der Waals surface area contributed by atoms with Gasteiger partial charge in [0, 0.05) is 12.1 Å². The lowest BCUT2D eigenvalue weighted by molar-refractivity contribution is 0.262. The Morgan fingerprint density at radius 3 is 2.73 bits per heavy atom. The van der Waals surface area contributed by atoms with Crippen LogP contribution in [0.5, 0.6) is 0 Å². The van der Waals surface area contributed by atoms with Crippen molar-refractivity contribution in [3.63, 3.8) is 0 Å². The highest BCUT2D eigenvalue weighted by atomic mass is 35.5. The van der Waals surface area contributed by atoms with Gasteiger partial charge >= 0.3 is 6.03 Å². The van der Waals surface area contributed by atoms with Crippen LogP contribution in [-0.2, 0) is 6.42 Å². The van der Waals surface area contributed by atoms with Crippen molar-refractivity contribution >= 4 is 51.4 Å². The minimum atomic E-state index is -0.394. The molecule has 0 saturated carbocycles. The Bertz CT molecular complexity index is 648. The first kappa shape index (κ1) is 17.0. The van der Waals surface area contributed by atoms with E-state index >= 15 is 0 Å². The lowest BCUT2D eigenvalue weighted by atomic mass is 10.2. The van der Waals surface area contributed by atoms with Crippen molar-refractivity contribution in [3.05, 3.63) is 33.3 Å². The van der Waals surface area contributed by atoms with Crippen LogP contribution >= 0.6 is 34.5 Å². The Balaban J connectivity index is 1.87. The maximum absolute atomic E-state index is 11.9. The van der Waals surface area contributed by atoms with Gasteiger partial charge in [0.15, 0.2) is 0 Å². The molecular formula is C14H16Cl2N4OS. The van der Waals surface area contributed by atoms with E-state index in [1.54, 1.807) is 18.2 Å². The fourth-order valence-corrected chi connectivity index (χ4v) is 2.84. The van der Waals surface area contributed by atoms with Gasteiger partial charge in [0.2, 0.25) is 5.13 Å². The van der Waals surface area contributed by atoms with Crippen LogP contribution in [0.2, 0.25) is 10.0 Å². The summed E-state index contributed by atoms with van der Waals surface area (Å²) >= 11 is 13.1. The number of benzene rings is 1. The smallest absolute Gasteiger partial charge is 0.308 e. The number of aromatic nitrogens is 2. The number of hydrogen-bond acceptors (Lipinski definition) is 4. The first-order valence-corrected chi connectivity index (χ1v) is 8.51. The molecular weight excluding hydrogens is 343 g/mol. The highest BCUT2D eigenvalue weighted by molar-refractivity contribution is 7.15. The Morgan fingerprint density at radius 2 is 2.00 bits per heavy atom. The molecule has 0 atom stereocenters. The maximum atomic E-state index is 11.9. The number of hydrogen-bond donors (Lipinski definition) is 2. The van der Waals surface area contributed by atoms with Gasteiger partial charge in [-0.1, -0.05) is 54.3 Å². The molecule has 8 heteroatoms. The van der Waals surface area contributed by atoms with Gasteiger partial charge in [-0.2, -0.15) is 0 Å². The number of rotatable bonds is 6. The number of nitrogens with one attached hydrogen (secondary N) is 2. The molecule has 2 amide bonds. The molecule has 0 radical (unpaired) electrons. The van der Waals surface area contributed by atoms with Crippen molar-refractivity contribution < 1.29 is 4.79 Å². The van der Waals surface area contributed by atoms with Crippen LogP contribution in [0, 0.1) is 0 Å². The first-order chi connectivity index (χ1) is 10.6. The zero-order valence-electron chi connectivity index (χ0n) is 12.0. The molecule has 2 N–H and O–H groups in total. The highest BCUT2D eigenvalue weighted by Crippen LogP contribution is 2.25. The number of halogens is 2. The summed E-state index contributed by atoms with van der Waals surface area (Å²) in [5.74, 6) is 0. The van der Waals surface area contributed by atoms with Gasteiger partial charge in [0.1, 0.15) is 5.01 Å². The quantitative estimate of drug-likeness (QED) is 0.695. The number of urea groups is 1. The molecule has 1 aromatic carbocycles. The van der Waals surface area contributed by atoms with Crippen LogP contribution < -0.4 is 10.6 Å². The molecule has 0 aliphatic rings. The Kier molecular flexibility index (Phi) is 6.42. The van der Waals surface area contributed by atoms with E-state index in [1.807, 2.05) is 0 Å². The second kappa shape index (κ2) is 8.31. The monoisotopic (exact) mass is 358 g/mol. The van der Waals surface area contributed by atoms with Gasteiger partial charge in [0.05, 0.1) is 10.0 Å². The molecule has 0 aliphatic carbocycles. The summed E-state index contributed by atoms with van der Waals surface area (Å²) in [7, 11) is 0. The predicted octanol–water partition coefficient (Wildman–Crippen LogP) is 5.22. The number of anilines is 2. The predicted molar refractivity (Wildman–Crippen MR) is 92.2 cm³/mol. The molecule has 1 aromatic heterocycles. The van der Waals surface area contributed by atoms with Crippen LogP contribution in [0.25, 0.3) is 0 Å². The Labute approximate surface area is 143 Å². The summed E-state index contributed by atoms with van der Waals surface area (Å²) in [5, 5.41) is 15.6. The average Bonchev–Trinajstić information content (AvgIpc) is 2.90. The summed E-state index contributed by atoms with van der Waals surface area (Å²) in [6, 6.07) is 4.48. The topological polar surface area (TPSA) is 66.9 Å². The van der Waals surface area contributed by atoms with E-state index in [9.17, 15) is 4.79 Å². The molecule has 2 aromatic rings. The van der Waals surface area contributed by atoms with E-state index in [4.69, 9.17) is 23.2 Å². The molecule has 0 fully saturated rings. The number of aryl methyl sites for hydroxylation is 1. The van der Waals surface area contributed by atoms with Crippen LogP contribution in [-0.4, -0.2) is 16.2 Å². The molecule has 0 bridgehead atoms. The summed E-state index contributed by atoms with van der Waals surface area (Å²) in [6.07, 6.45) is 4.30. The van der Waals surface area contributed by atoms with Gasteiger partial charge in [-0.25, -0.2) is 4.79 Å². The largest absolute Gasteiger partial charge is 0.325 e. The minimum Gasteiger partial charge on any atom is -0.308 e. The zero-order valence-corrected chi connectivity index (χ0v) is 14.4. The van der Waals surface area contributed by atoms with Gasteiger partial charge in [-0.15, -0.1) is 10.2 Å². The first-order valence-electron chi connectivity index (χ1n) is 6.94. The third-order valence-electron chi connectivity index (χ3n) is 2.86. The molecule has 118 valence electrons. The zero-order chi connectivity index (χ0) is 15.9. The van der Waals surface area contributed by atoms with E-state index in [1.165, 1.54) is 17.8 Å². The van der Waals surface area contributed by atoms with E-state index in [0.29, 0.717) is 20.9 Å². The summed E-state index contributed by atoms with van der Waals surface area (Å²) in [5.41, 5.74) is 0.555. The van der Waals surface area contributed by atoms with Gasteiger partial charge in [-0.3, -0.25) is 5.32 Å². The molecule has 5 nitrogen and oxygen atoms in total. The molecule has 0 saturated heterocycles. The van der Waals surface area contributed by atoms with E-state index in [0.717, 1.165) is 24.3 Å². The molecule has 2 rings (SSSR count). The van der Waals surface area contributed by atoms with Crippen molar-refractivity contribution in [2.45, 2.75) is 32.6 Å². The Morgan fingerprint density at radius 1 is 1.18 bits per heavy atom. The summed E-state index contributed by atoms with van der Waals surface area (Å²) < 4.78 is 0. The van der Waals surface area contributed by atoms with Crippen molar-refractivity contribution in [1.82, 2.24) is 10.2 Å². The molecule has 0 spiro atoms. The number of carbonyl (C=O) groups is 1. The van der Waals surface area contributed by atoms with Crippen molar-refractivity contribution in [2.75, 3.05) is 10.6 Å². The lowest BCUT2D eigenvalue weighted by Gasteiger charge is -2.05. The molecule has 0 unspecified atom stereocenters. The number of carbonyl (C=O) groups excluding carboxylic acids is 1. The standard InChI is InChI=1S/C14H16Cl2N4OS/c1-2-3-4-5-12-19-20-14(22-12)18-13(21)17-9-6-7-10(15)11(16)8-9/h6-8H,2-5H2,1H3,(H2,17,18,20,21). The van der Waals surface area contributed by atoms with Crippen molar-refractivity contribution in [2.24, 2.45) is 0 Å². The minimum absolute atomic E-state index is 0.383. The van der Waals surface area contributed by atoms with Crippen LogP contribution in [0.3, 0.4) is 0 Å². The second-order valence-corrected chi connectivity index (χ2v) is 6.54. The van der Waals surface area contributed by atoms with Gasteiger partial charge in [0.25, 0.3) is 0 Å². The average molecular weight is 359 g/mol. The fourth-order valence-electron chi connectivity index (χ4n) is 1.76. The van der Waals surface area contributed by atoms with E-state index in [-0.39, 0.29) is 0 Å². The molecule has 0 aliphatic heterocycles. The number of amides is 2. The number of unbranched alkanes of at least 4 members (excludes halogenated alkanes) is 2. The lowest BCUT2D eigenvalue weighted by Crippen LogP contribution is -2.19. The van der Waals surface area contributed by atoms with Crippen LogP contribution in [0.1, 0.15) is 31.2 Å². The van der Waals surface area contributed by atoms with E-state index in [2.05, 4.69) is 27.8 Å². The van der Waals surface area contributed by atoms with Crippen LogP contribution in [0.15, 0.2) is 18.2 Å². The maximum Gasteiger partial charge on any atom is 0.325 e. The van der Waals surface area contributed by atoms with Crippen molar-refractivity contribution in [3.8, 4) is 0 Å². The summed E-state index contributed by atoms with van der Waals surface area (Å²) in [6.45, 7) is 2.15. The highest BCUT2D eigenvalue weighted by Gasteiger charge is 2.09.